The Hall–Kier alpha value is -3.67. The monoisotopic (exact) mass is 522 g/mol. The number of aliphatic carboxylic acids is 2. The number of phenolic OH excluding ortho intramolecular Hbond substituents is 1. The first-order valence-electron chi connectivity index (χ1n) is 12.2. The lowest BCUT2D eigenvalue weighted by Crippen LogP contribution is -2.59. The molecule has 0 aliphatic heterocycles. The van der Waals surface area contributed by atoms with E-state index >= 15 is 0 Å². The Labute approximate surface area is 216 Å². The van der Waals surface area contributed by atoms with E-state index in [2.05, 4.69) is 16.0 Å². The molecule has 1 rings (SSSR count). The van der Waals surface area contributed by atoms with Crippen molar-refractivity contribution in [1.82, 2.24) is 16.0 Å². The van der Waals surface area contributed by atoms with Crippen molar-refractivity contribution in [3.05, 3.63) is 29.8 Å². The lowest BCUT2D eigenvalue weighted by Gasteiger charge is -2.28. The van der Waals surface area contributed by atoms with Gasteiger partial charge in [-0.2, -0.15) is 0 Å². The number of phenols is 1. The fourth-order valence-corrected chi connectivity index (χ4v) is 3.51. The molecule has 0 fully saturated rings. The predicted molar refractivity (Wildman–Crippen MR) is 134 cm³/mol. The number of hydrogen-bond acceptors (Lipinski definition) is 7. The molecule has 0 heterocycles. The molecule has 1 aromatic carbocycles. The van der Waals surface area contributed by atoms with Gasteiger partial charge in [0.15, 0.2) is 0 Å². The topological polar surface area (TPSA) is 208 Å². The summed E-state index contributed by atoms with van der Waals surface area (Å²) in [7, 11) is 0. The van der Waals surface area contributed by atoms with Gasteiger partial charge in [0.2, 0.25) is 17.7 Å². The maximum atomic E-state index is 13.1. The summed E-state index contributed by atoms with van der Waals surface area (Å²) < 4.78 is 0. The molecule has 0 aromatic heterocycles. The fourth-order valence-electron chi connectivity index (χ4n) is 3.51. The van der Waals surface area contributed by atoms with Crippen molar-refractivity contribution in [2.75, 3.05) is 0 Å². The molecule has 12 heteroatoms. The molecule has 8 N–H and O–H groups in total. The molecule has 3 amide bonds. The van der Waals surface area contributed by atoms with E-state index in [-0.39, 0.29) is 18.6 Å². The van der Waals surface area contributed by atoms with Crippen LogP contribution in [0.3, 0.4) is 0 Å². The number of carbonyl (C=O) groups excluding carboxylic acids is 3. The Kier molecular flexibility index (Phi) is 12.5. The third-order valence-corrected chi connectivity index (χ3v) is 6.03. The predicted octanol–water partition coefficient (Wildman–Crippen LogP) is 0.368. The van der Waals surface area contributed by atoms with E-state index < -0.39 is 72.1 Å². The zero-order valence-corrected chi connectivity index (χ0v) is 21.6. The quantitative estimate of drug-likeness (QED) is 0.169. The van der Waals surface area contributed by atoms with Gasteiger partial charge in [-0.1, -0.05) is 46.2 Å². The molecule has 5 atom stereocenters. The van der Waals surface area contributed by atoms with Crippen molar-refractivity contribution < 1.29 is 39.3 Å². The highest BCUT2D eigenvalue weighted by atomic mass is 16.4. The van der Waals surface area contributed by atoms with Gasteiger partial charge < -0.3 is 37.0 Å². The summed E-state index contributed by atoms with van der Waals surface area (Å²) in [5.41, 5.74) is 6.65. The minimum absolute atomic E-state index is 0.0511. The maximum Gasteiger partial charge on any atom is 0.326 e. The molecule has 12 nitrogen and oxygen atoms in total. The van der Waals surface area contributed by atoms with Gasteiger partial charge in [-0.15, -0.1) is 0 Å². The normalized spacial score (nSPS) is 15.1. The van der Waals surface area contributed by atoms with Crippen LogP contribution in [0.4, 0.5) is 0 Å². The van der Waals surface area contributed by atoms with Gasteiger partial charge in [-0.05, 0) is 42.4 Å². The molecule has 0 saturated carbocycles. The lowest BCUT2D eigenvalue weighted by molar-refractivity contribution is -0.144. The number of rotatable bonds is 15. The highest BCUT2D eigenvalue weighted by Crippen LogP contribution is 2.13. The smallest absolute Gasteiger partial charge is 0.326 e. The molecule has 206 valence electrons. The lowest BCUT2D eigenvalue weighted by atomic mass is 9.96. The summed E-state index contributed by atoms with van der Waals surface area (Å²) in [6.07, 6.45) is -0.109. The molecule has 0 bridgehead atoms. The number of aromatic hydroxyl groups is 1. The number of amides is 3. The molecule has 0 aliphatic carbocycles. The summed E-state index contributed by atoms with van der Waals surface area (Å²) in [5, 5.41) is 35.4. The SMILES string of the molecule is CCC(C)C(NC(=O)C(CCC(=O)O)NC(=O)C(N)Cc1ccc(O)cc1)C(=O)NC(C(=O)O)C(C)C. The highest BCUT2D eigenvalue weighted by Gasteiger charge is 2.33. The third-order valence-electron chi connectivity index (χ3n) is 6.03. The first-order chi connectivity index (χ1) is 17.3. The number of hydrogen-bond donors (Lipinski definition) is 7. The molecular weight excluding hydrogens is 484 g/mol. The number of nitrogens with one attached hydrogen (secondary N) is 3. The van der Waals surface area contributed by atoms with E-state index in [9.17, 15) is 34.2 Å². The van der Waals surface area contributed by atoms with E-state index in [0.29, 0.717) is 12.0 Å². The molecular formula is C25H38N4O8. The van der Waals surface area contributed by atoms with Crippen LogP contribution in [0, 0.1) is 11.8 Å². The van der Waals surface area contributed by atoms with Gasteiger partial charge in [-0.25, -0.2) is 4.79 Å². The van der Waals surface area contributed by atoms with Crippen LogP contribution in [0.15, 0.2) is 24.3 Å². The van der Waals surface area contributed by atoms with E-state index in [1.165, 1.54) is 12.1 Å². The van der Waals surface area contributed by atoms with Gasteiger partial charge in [0, 0.05) is 6.42 Å². The summed E-state index contributed by atoms with van der Waals surface area (Å²) in [4.78, 5) is 61.4. The van der Waals surface area contributed by atoms with Crippen molar-refractivity contribution in [2.24, 2.45) is 17.6 Å². The Morgan fingerprint density at radius 3 is 1.92 bits per heavy atom. The van der Waals surface area contributed by atoms with Crippen LogP contribution in [-0.2, 0) is 30.4 Å². The second kappa shape index (κ2) is 14.8. The molecule has 0 radical (unpaired) electrons. The minimum atomic E-state index is -1.30. The van der Waals surface area contributed by atoms with Crippen molar-refractivity contribution in [3.8, 4) is 5.75 Å². The second-order valence-corrected chi connectivity index (χ2v) is 9.41. The fraction of sp³-hybridized carbons (Fsp3) is 0.560. The number of carbonyl (C=O) groups is 5. The van der Waals surface area contributed by atoms with E-state index in [0.717, 1.165) is 0 Å². The summed E-state index contributed by atoms with van der Waals surface area (Å²) in [6.45, 7) is 6.76. The van der Waals surface area contributed by atoms with Crippen molar-refractivity contribution in [1.29, 1.82) is 0 Å². The second-order valence-electron chi connectivity index (χ2n) is 9.41. The summed E-state index contributed by atoms with van der Waals surface area (Å²) in [5.74, 6) is -5.33. The summed E-state index contributed by atoms with van der Waals surface area (Å²) in [6, 6.07) is 1.41. The average Bonchev–Trinajstić information content (AvgIpc) is 2.83. The van der Waals surface area contributed by atoms with Crippen LogP contribution in [0.5, 0.6) is 5.75 Å². The van der Waals surface area contributed by atoms with Crippen LogP contribution >= 0.6 is 0 Å². The first-order valence-corrected chi connectivity index (χ1v) is 12.2. The molecule has 37 heavy (non-hydrogen) atoms. The van der Waals surface area contributed by atoms with Crippen molar-refractivity contribution >= 4 is 29.7 Å². The number of benzene rings is 1. The highest BCUT2D eigenvalue weighted by molar-refractivity contribution is 5.94. The van der Waals surface area contributed by atoms with Crippen LogP contribution < -0.4 is 21.7 Å². The maximum absolute atomic E-state index is 13.1. The van der Waals surface area contributed by atoms with E-state index in [4.69, 9.17) is 10.8 Å². The Morgan fingerprint density at radius 2 is 1.43 bits per heavy atom. The van der Waals surface area contributed by atoms with Crippen molar-refractivity contribution in [3.63, 3.8) is 0 Å². The molecule has 0 saturated heterocycles. The van der Waals surface area contributed by atoms with E-state index in [1.807, 2.05) is 0 Å². The number of carboxylic acid groups (broad SMARTS) is 2. The first kappa shape index (κ1) is 31.4. The Morgan fingerprint density at radius 1 is 0.865 bits per heavy atom. The molecule has 5 unspecified atom stereocenters. The minimum Gasteiger partial charge on any atom is -0.508 e. The van der Waals surface area contributed by atoms with Gasteiger partial charge in [0.05, 0.1) is 6.04 Å². The van der Waals surface area contributed by atoms with Gasteiger partial charge in [-0.3, -0.25) is 19.2 Å². The summed E-state index contributed by atoms with van der Waals surface area (Å²) >= 11 is 0. The van der Waals surface area contributed by atoms with Crippen LogP contribution in [0.2, 0.25) is 0 Å². The van der Waals surface area contributed by atoms with Crippen LogP contribution in [0.1, 0.15) is 52.5 Å². The zero-order chi connectivity index (χ0) is 28.3. The number of carboxylic acids is 2. The molecule has 0 spiro atoms. The zero-order valence-electron chi connectivity index (χ0n) is 21.6. The molecule has 0 aliphatic rings. The standard InChI is InChI=1S/C25H38N4O8/c1-5-14(4)21(24(35)28-20(13(2)3)25(36)37)29-23(34)18(10-11-19(31)32)27-22(33)17(26)12-15-6-8-16(30)9-7-15/h6-9,13-14,17-18,20-21,30H,5,10-12,26H2,1-4H3,(H,27,33)(H,28,35)(H,29,34)(H,31,32)(H,36,37). The van der Waals surface area contributed by atoms with Gasteiger partial charge >= 0.3 is 11.9 Å². The largest absolute Gasteiger partial charge is 0.508 e. The van der Waals surface area contributed by atoms with Gasteiger partial charge in [0.25, 0.3) is 0 Å². The third kappa shape index (κ3) is 10.5. The average molecular weight is 523 g/mol. The Balaban J connectivity index is 3.03. The van der Waals surface area contributed by atoms with Crippen LogP contribution in [-0.4, -0.2) is 69.1 Å². The Bertz CT molecular complexity index is 951. The number of nitrogens with two attached hydrogens (primary N) is 1. The van der Waals surface area contributed by atoms with Crippen molar-refractivity contribution in [2.45, 2.75) is 77.5 Å². The molecule has 1 aromatic rings. The van der Waals surface area contributed by atoms with E-state index in [1.54, 1.807) is 39.8 Å². The van der Waals surface area contributed by atoms with Gasteiger partial charge in [0.1, 0.15) is 23.9 Å². The van der Waals surface area contributed by atoms with Crippen LogP contribution in [0.25, 0.3) is 0 Å².